The molecule has 5 nitrogen and oxygen atoms in total. The Balaban J connectivity index is 0.00000128. The zero-order chi connectivity index (χ0) is 10.5. The van der Waals surface area contributed by atoms with Crippen molar-refractivity contribution in [1.82, 2.24) is 0 Å². The second-order valence-electron chi connectivity index (χ2n) is 3.51. The summed E-state index contributed by atoms with van der Waals surface area (Å²) in [6.07, 6.45) is 2.08. The second-order valence-corrected chi connectivity index (χ2v) is 3.51. The molecule has 2 rings (SSSR count). The Labute approximate surface area is 93.7 Å². The summed E-state index contributed by atoms with van der Waals surface area (Å²) in [5.74, 6) is 0.786. The van der Waals surface area contributed by atoms with Gasteiger partial charge < -0.3 is 14.9 Å². The summed E-state index contributed by atoms with van der Waals surface area (Å²) >= 11 is 0. The van der Waals surface area contributed by atoms with Crippen LogP contribution in [-0.2, 0) is 4.74 Å². The van der Waals surface area contributed by atoms with Crippen molar-refractivity contribution >= 4 is 5.69 Å². The third kappa shape index (κ3) is 3.29. The summed E-state index contributed by atoms with van der Waals surface area (Å²) in [4.78, 5) is 10.2. The molecule has 0 amide bonds. The van der Waals surface area contributed by atoms with Crippen molar-refractivity contribution in [1.29, 1.82) is 0 Å². The Morgan fingerprint density at radius 3 is 2.38 bits per heavy atom. The van der Waals surface area contributed by atoms with Crippen LogP contribution in [0.25, 0.3) is 0 Å². The van der Waals surface area contributed by atoms with Crippen LogP contribution >= 0.6 is 0 Å². The molecular formula is C11H15NO4. The molecule has 1 fully saturated rings. The molecule has 0 radical (unpaired) electrons. The minimum absolute atomic E-state index is 0. The molecule has 1 saturated heterocycles. The van der Waals surface area contributed by atoms with E-state index in [1.807, 2.05) is 0 Å². The fourth-order valence-electron chi connectivity index (χ4n) is 1.57. The zero-order valence-electron chi connectivity index (χ0n) is 8.89. The normalized spacial score (nSPS) is 16.2. The predicted octanol–water partition coefficient (Wildman–Crippen LogP) is 1.82. The van der Waals surface area contributed by atoms with E-state index in [2.05, 4.69) is 5.18 Å². The average Bonchev–Trinajstić information content (AvgIpc) is 2.31. The molecule has 5 heteroatoms. The first-order valence-corrected chi connectivity index (χ1v) is 5.06. The third-order valence-corrected chi connectivity index (χ3v) is 2.41. The van der Waals surface area contributed by atoms with E-state index in [1.165, 1.54) is 0 Å². The van der Waals surface area contributed by atoms with Crippen molar-refractivity contribution in [3.63, 3.8) is 0 Å². The molecule has 0 aliphatic carbocycles. The monoisotopic (exact) mass is 225 g/mol. The van der Waals surface area contributed by atoms with Crippen LogP contribution < -0.4 is 4.74 Å². The summed E-state index contributed by atoms with van der Waals surface area (Å²) in [7, 11) is 0. The smallest absolute Gasteiger partial charge is 0.119 e. The first-order chi connectivity index (χ1) is 7.38. The number of hydrogen-bond acceptors (Lipinski definition) is 4. The van der Waals surface area contributed by atoms with Crippen molar-refractivity contribution in [3.05, 3.63) is 29.2 Å². The minimum atomic E-state index is 0. The molecule has 16 heavy (non-hydrogen) atoms. The number of benzene rings is 1. The van der Waals surface area contributed by atoms with Crippen molar-refractivity contribution in [2.24, 2.45) is 5.18 Å². The van der Waals surface area contributed by atoms with E-state index in [4.69, 9.17) is 9.47 Å². The molecule has 1 heterocycles. The van der Waals surface area contributed by atoms with Gasteiger partial charge in [-0.25, -0.2) is 0 Å². The summed E-state index contributed by atoms with van der Waals surface area (Å²) < 4.78 is 11.0. The van der Waals surface area contributed by atoms with E-state index in [0.717, 1.165) is 31.8 Å². The van der Waals surface area contributed by atoms with Crippen LogP contribution in [-0.4, -0.2) is 24.8 Å². The lowest BCUT2D eigenvalue weighted by atomic mass is 10.1. The largest absolute Gasteiger partial charge is 0.490 e. The molecule has 2 N–H and O–H groups in total. The third-order valence-electron chi connectivity index (χ3n) is 2.41. The van der Waals surface area contributed by atoms with Crippen LogP contribution in [0.4, 0.5) is 5.69 Å². The zero-order valence-corrected chi connectivity index (χ0v) is 8.89. The number of nitrogens with zero attached hydrogens (tertiary/aromatic N) is 1. The van der Waals surface area contributed by atoms with Gasteiger partial charge in [-0.3, -0.25) is 0 Å². The topological polar surface area (TPSA) is 79.4 Å². The fourth-order valence-corrected chi connectivity index (χ4v) is 1.57. The Morgan fingerprint density at radius 2 is 1.81 bits per heavy atom. The molecule has 0 bridgehead atoms. The molecular weight excluding hydrogens is 210 g/mol. The van der Waals surface area contributed by atoms with Crippen LogP contribution in [0.3, 0.4) is 0 Å². The van der Waals surface area contributed by atoms with Gasteiger partial charge in [-0.1, -0.05) is 0 Å². The Kier molecular flexibility index (Phi) is 4.88. The number of ether oxygens (including phenoxy) is 2. The van der Waals surface area contributed by atoms with Gasteiger partial charge >= 0.3 is 0 Å². The van der Waals surface area contributed by atoms with E-state index >= 15 is 0 Å². The minimum Gasteiger partial charge on any atom is -0.490 e. The van der Waals surface area contributed by atoms with E-state index in [1.54, 1.807) is 24.3 Å². The molecule has 0 spiro atoms. The van der Waals surface area contributed by atoms with Crippen molar-refractivity contribution in [3.8, 4) is 5.75 Å². The number of hydrogen-bond donors (Lipinski definition) is 0. The van der Waals surface area contributed by atoms with Crippen LogP contribution in [0, 0.1) is 4.91 Å². The highest BCUT2D eigenvalue weighted by Crippen LogP contribution is 2.21. The lowest BCUT2D eigenvalue weighted by Crippen LogP contribution is -2.25. The molecule has 1 aliphatic rings. The van der Waals surface area contributed by atoms with Gasteiger partial charge in [0.1, 0.15) is 17.5 Å². The van der Waals surface area contributed by atoms with E-state index in [-0.39, 0.29) is 11.6 Å². The Morgan fingerprint density at radius 1 is 1.19 bits per heavy atom. The molecule has 0 saturated carbocycles. The standard InChI is InChI=1S/C11H13NO3.H2O/c13-12-9-1-3-10(4-2-9)15-11-5-7-14-8-6-11;/h1-4,11H,5-8H2;1H2. The van der Waals surface area contributed by atoms with Gasteiger partial charge in [0.15, 0.2) is 0 Å². The fraction of sp³-hybridized carbons (Fsp3) is 0.455. The highest BCUT2D eigenvalue weighted by molar-refractivity contribution is 5.40. The van der Waals surface area contributed by atoms with Gasteiger partial charge in [0.2, 0.25) is 0 Å². The Bertz CT molecular complexity index is 319. The van der Waals surface area contributed by atoms with Crippen LogP contribution in [0.5, 0.6) is 5.75 Å². The molecule has 0 atom stereocenters. The van der Waals surface area contributed by atoms with Crippen LogP contribution in [0.15, 0.2) is 29.4 Å². The molecule has 1 aromatic rings. The maximum absolute atomic E-state index is 10.2. The summed E-state index contributed by atoms with van der Waals surface area (Å²) in [5, 5.41) is 2.83. The first-order valence-electron chi connectivity index (χ1n) is 5.06. The van der Waals surface area contributed by atoms with E-state index < -0.39 is 0 Å². The lowest BCUT2D eigenvalue weighted by Gasteiger charge is -2.23. The maximum atomic E-state index is 10.2. The Hall–Kier alpha value is -1.46. The summed E-state index contributed by atoms with van der Waals surface area (Å²) in [5.41, 5.74) is 0.425. The van der Waals surface area contributed by atoms with Gasteiger partial charge in [0, 0.05) is 12.8 Å². The molecule has 1 aromatic carbocycles. The van der Waals surface area contributed by atoms with Crippen LogP contribution in [0.2, 0.25) is 0 Å². The van der Waals surface area contributed by atoms with Gasteiger partial charge in [0.05, 0.1) is 13.2 Å². The van der Waals surface area contributed by atoms with E-state index in [0.29, 0.717) is 5.69 Å². The van der Waals surface area contributed by atoms with E-state index in [9.17, 15) is 4.91 Å². The lowest BCUT2D eigenvalue weighted by molar-refractivity contribution is 0.0256. The molecule has 1 aliphatic heterocycles. The quantitative estimate of drug-likeness (QED) is 0.736. The summed E-state index contributed by atoms with van der Waals surface area (Å²) in [6, 6.07) is 6.85. The second kappa shape index (κ2) is 6.19. The number of rotatable bonds is 3. The highest BCUT2D eigenvalue weighted by Gasteiger charge is 2.14. The van der Waals surface area contributed by atoms with Crippen LogP contribution in [0.1, 0.15) is 12.8 Å². The highest BCUT2D eigenvalue weighted by atomic mass is 16.5. The van der Waals surface area contributed by atoms with Crippen molar-refractivity contribution in [2.75, 3.05) is 13.2 Å². The van der Waals surface area contributed by atoms with Gasteiger partial charge in [-0.05, 0) is 29.4 Å². The first kappa shape index (κ1) is 12.6. The molecule has 0 aromatic heterocycles. The summed E-state index contributed by atoms with van der Waals surface area (Å²) in [6.45, 7) is 1.53. The number of nitroso groups, excluding NO2 is 1. The van der Waals surface area contributed by atoms with Gasteiger partial charge in [-0.15, -0.1) is 4.91 Å². The maximum Gasteiger partial charge on any atom is 0.119 e. The molecule has 88 valence electrons. The average molecular weight is 225 g/mol. The SMILES string of the molecule is O.O=Nc1ccc(OC2CCOCC2)cc1. The predicted molar refractivity (Wildman–Crippen MR) is 60.0 cm³/mol. The van der Waals surface area contributed by atoms with Crippen molar-refractivity contribution in [2.45, 2.75) is 18.9 Å². The van der Waals surface area contributed by atoms with Crippen molar-refractivity contribution < 1.29 is 14.9 Å². The van der Waals surface area contributed by atoms with Gasteiger partial charge in [-0.2, -0.15) is 0 Å². The van der Waals surface area contributed by atoms with Gasteiger partial charge in [0.25, 0.3) is 0 Å². The molecule has 0 unspecified atom stereocenters.